The Morgan fingerprint density at radius 2 is 1.88 bits per heavy atom. The molecule has 1 aromatic carbocycles. The Morgan fingerprint density at radius 3 is 2.40 bits per heavy atom. The Morgan fingerprint density at radius 1 is 1.24 bits per heavy atom. The summed E-state index contributed by atoms with van der Waals surface area (Å²) in [4.78, 5) is 20.8. The molecule has 2 atom stereocenters. The van der Waals surface area contributed by atoms with E-state index < -0.39 is 11.9 Å². The molecule has 1 fully saturated rings. The molecule has 1 heterocycles. The smallest absolute Gasteiger partial charge is 0.414 e. The molecule has 25 heavy (non-hydrogen) atoms. The van der Waals surface area contributed by atoms with E-state index in [1.54, 1.807) is 7.11 Å². The molecule has 3 N–H and O–H groups in total. The van der Waals surface area contributed by atoms with Crippen LogP contribution in [0.25, 0.3) is 0 Å². The van der Waals surface area contributed by atoms with Crippen LogP contribution in [0, 0.1) is 5.92 Å². The number of benzene rings is 1. The van der Waals surface area contributed by atoms with Gasteiger partial charge in [-0.15, -0.1) is 0 Å². The molecule has 0 aliphatic carbocycles. The van der Waals surface area contributed by atoms with Crippen molar-refractivity contribution in [1.82, 2.24) is 10.2 Å². The van der Waals surface area contributed by atoms with Crippen molar-refractivity contribution in [2.75, 3.05) is 33.3 Å². The van der Waals surface area contributed by atoms with Gasteiger partial charge in [0.15, 0.2) is 0 Å². The third-order valence-corrected chi connectivity index (χ3v) is 4.33. The third kappa shape index (κ3) is 6.03. The van der Waals surface area contributed by atoms with Gasteiger partial charge >= 0.3 is 11.9 Å². The van der Waals surface area contributed by atoms with Crippen LogP contribution in [-0.2, 0) is 9.59 Å². The summed E-state index contributed by atoms with van der Waals surface area (Å²) in [7, 11) is 1.77. The van der Waals surface area contributed by atoms with Crippen molar-refractivity contribution >= 4 is 11.9 Å². The number of carboxylic acids is 2. The Labute approximate surface area is 148 Å². The Kier molecular flexibility index (Phi) is 8.94. The molecule has 0 spiro atoms. The van der Waals surface area contributed by atoms with Crippen LogP contribution in [0.3, 0.4) is 0 Å². The highest BCUT2D eigenvalue weighted by Gasteiger charge is 2.35. The minimum Gasteiger partial charge on any atom is -0.496 e. The highest BCUT2D eigenvalue weighted by molar-refractivity contribution is 6.27. The van der Waals surface area contributed by atoms with Crippen molar-refractivity contribution in [1.29, 1.82) is 0 Å². The maximum absolute atomic E-state index is 9.10. The predicted molar refractivity (Wildman–Crippen MR) is 94.9 cm³/mol. The number of likely N-dealkylation sites (tertiary alicyclic amines) is 1. The number of para-hydroxylation sites is 1. The molecule has 1 aliphatic rings. The largest absolute Gasteiger partial charge is 0.496 e. The molecule has 1 aromatic rings. The first-order chi connectivity index (χ1) is 12.0. The second-order valence-electron chi connectivity index (χ2n) is 5.78. The van der Waals surface area contributed by atoms with Gasteiger partial charge in [-0.25, -0.2) is 9.59 Å². The summed E-state index contributed by atoms with van der Waals surface area (Å²) in [6.45, 7) is 8.85. The molecule has 0 saturated carbocycles. The van der Waals surface area contributed by atoms with Gasteiger partial charge in [0.2, 0.25) is 0 Å². The standard InChI is InChI=1S/C16H26N2O.C2H2O4/c1-4-17-12-13-10-11-18(5-2)16(13)14-8-6-7-9-15(14)19-3;3-1(4)2(5)6/h6-9,13,16-17H,4-5,10-12H2,1-3H3;(H,3,4)(H,5,6)/t13-,16+;/m0./s1. The van der Waals surface area contributed by atoms with Gasteiger partial charge in [0.25, 0.3) is 0 Å². The van der Waals surface area contributed by atoms with Gasteiger partial charge in [-0.1, -0.05) is 32.0 Å². The zero-order valence-electron chi connectivity index (χ0n) is 15.1. The molecule has 140 valence electrons. The number of methoxy groups -OCH3 is 1. The minimum absolute atomic E-state index is 0.486. The van der Waals surface area contributed by atoms with Gasteiger partial charge in [-0.3, -0.25) is 4.90 Å². The topological polar surface area (TPSA) is 99.1 Å². The van der Waals surface area contributed by atoms with E-state index in [2.05, 4.69) is 42.3 Å². The summed E-state index contributed by atoms with van der Waals surface area (Å²) in [6, 6.07) is 8.95. The number of carbonyl (C=O) groups is 2. The quantitative estimate of drug-likeness (QED) is 0.672. The van der Waals surface area contributed by atoms with Crippen LogP contribution >= 0.6 is 0 Å². The molecular formula is C18H28N2O5. The lowest BCUT2D eigenvalue weighted by atomic mass is 9.93. The van der Waals surface area contributed by atoms with Crippen LogP contribution in [0.5, 0.6) is 5.75 Å². The van der Waals surface area contributed by atoms with E-state index in [4.69, 9.17) is 24.5 Å². The van der Waals surface area contributed by atoms with Crippen LogP contribution in [0.4, 0.5) is 0 Å². The fraction of sp³-hybridized carbons (Fsp3) is 0.556. The third-order valence-electron chi connectivity index (χ3n) is 4.33. The van der Waals surface area contributed by atoms with E-state index in [1.807, 2.05) is 6.07 Å². The fourth-order valence-corrected chi connectivity index (χ4v) is 3.19. The van der Waals surface area contributed by atoms with Gasteiger partial charge in [0.1, 0.15) is 5.75 Å². The number of ether oxygens (including phenoxy) is 1. The highest BCUT2D eigenvalue weighted by atomic mass is 16.5. The maximum Gasteiger partial charge on any atom is 0.414 e. The first-order valence-electron chi connectivity index (χ1n) is 8.50. The van der Waals surface area contributed by atoms with Gasteiger partial charge in [0.05, 0.1) is 7.11 Å². The number of nitrogens with zero attached hydrogens (tertiary/aromatic N) is 1. The van der Waals surface area contributed by atoms with Crippen LogP contribution in [0.15, 0.2) is 24.3 Å². The molecule has 0 aromatic heterocycles. The monoisotopic (exact) mass is 352 g/mol. The summed E-state index contributed by atoms with van der Waals surface area (Å²) >= 11 is 0. The molecule has 2 rings (SSSR count). The van der Waals surface area contributed by atoms with Gasteiger partial charge in [-0.2, -0.15) is 0 Å². The summed E-state index contributed by atoms with van der Waals surface area (Å²) in [5.74, 6) is -1.95. The lowest BCUT2D eigenvalue weighted by molar-refractivity contribution is -0.159. The number of nitrogens with one attached hydrogen (secondary N) is 1. The van der Waals surface area contributed by atoms with Gasteiger partial charge in [0, 0.05) is 11.6 Å². The van der Waals surface area contributed by atoms with Crippen LogP contribution in [0.1, 0.15) is 31.9 Å². The van der Waals surface area contributed by atoms with Crippen LogP contribution < -0.4 is 10.1 Å². The van der Waals surface area contributed by atoms with E-state index in [-0.39, 0.29) is 0 Å². The Hall–Kier alpha value is -2.12. The summed E-state index contributed by atoms with van der Waals surface area (Å²) in [6.07, 6.45) is 1.27. The SMILES string of the molecule is CCNC[C@@H]1CCN(CC)[C@H]1c1ccccc1OC.O=C(O)C(=O)O. The second kappa shape index (κ2) is 10.7. The van der Waals surface area contributed by atoms with E-state index in [1.165, 1.54) is 18.5 Å². The molecule has 0 bridgehead atoms. The number of aliphatic carboxylic acids is 2. The van der Waals surface area contributed by atoms with Crippen molar-refractivity contribution in [3.8, 4) is 5.75 Å². The molecule has 0 amide bonds. The van der Waals surface area contributed by atoms with E-state index in [0.717, 1.165) is 25.4 Å². The van der Waals surface area contributed by atoms with E-state index in [0.29, 0.717) is 12.0 Å². The summed E-state index contributed by atoms with van der Waals surface area (Å²) in [5.41, 5.74) is 1.34. The molecule has 0 radical (unpaired) electrons. The summed E-state index contributed by atoms with van der Waals surface area (Å²) < 4.78 is 5.56. The fourth-order valence-electron chi connectivity index (χ4n) is 3.19. The Bertz CT molecular complexity index is 552. The lowest BCUT2D eigenvalue weighted by Crippen LogP contribution is -2.30. The number of rotatable bonds is 6. The lowest BCUT2D eigenvalue weighted by Gasteiger charge is -2.29. The van der Waals surface area contributed by atoms with Crippen molar-refractivity contribution in [3.05, 3.63) is 29.8 Å². The second-order valence-corrected chi connectivity index (χ2v) is 5.78. The molecular weight excluding hydrogens is 324 g/mol. The average Bonchev–Trinajstić information content (AvgIpc) is 3.02. The van der Waals surface area contributed by atoms with Crippen molar-refractivity contribution in [2.45, 2.75) is 26.3 Å². The van der Waals surface area contributed by atoms with Gasteiger partial charge < -0.3 is 20.3 Å². The Balaban J connectivity index is 0.000000450. The average molecular weight is 352 g/mol. The van der Waals surface area contributed by atoms with Crippen molar-refractivity contribution in [3.63, 3.8) is 0 Å². The normalized spacial score (nSPS) is 19.8. The number of hydrogen-bond donors (Lipinski definition) is 3. The van der Waals surface area contributed by atoms with E-state index >= 15 is 0 Å². The zero-order chi connectivity index (χ0) is 18.8. The molecule has 1 aliphatic heterocycles. The number of carboxylic acid groups (broad SMARTS) is 2. The molecule has 7 heteroatoms. The van der Waals surface area contributed by atoms with Crippen molar-refractivity contribution < 1.29 is 24.5 Å². The van der Waals surface area contributed by atoms with Crippen molar-refractivity contribution in [2.24, 2.45) is 5.92 Å². The first-order valence-corrected chi connectivity index (χ1v) is 8.50. The predicted octanol–water partition coefficient (Wildman–Crippen LogP) is 1.84. The van der Waals surface area contributed by atoms with E-state index in [9.17, 15) is 0 Å². The molecule has 1 saturated heterocycles. The summed E-state index contributed by atoms with van der Waals surface area (Å²) in [5, 5.41) is 18.3. The highest BCUT2D eigenvalue weighted by Crippen LogP contribution is 2.40. The van der Waals surface area contributed by atoms with Crippen LogP contribution in [0.2, 0.25) is 0 Å². The number of hydrogen-bond acceptors (Lipinski definition) is 5. The van der Waals surface area contributed by atoms with Crippen LogP contribution in [-0.4, -0.2) is 60.3 Å². The first kappa shape index (κ1) is 20.9. The molecule has 7 nitrogen and oxygen atoms in total. The molecule has 0 unspecified atom stereocenters. The maximum atomic E-state index is 9.10. The van der Waals surface area contributed by atoms with Gasteiger partial charge in [-0.05, 0) is 44.6 Å². The minimum atomic E-state index is -1.82. The zero-order valence-corrected chi connectivity index (χ0v) is 15.1.